The van der Waals surface area contributed by atoms with Crippen LogP contribution in [-0.4, -0.2) is 18.3 Å². The molecule has 3 nitrogen and oxygen atoms in total. The highest BCUT2D eigenvalue weighted by molar-refractivity contribution is 5.21. The Hall–Kier alpha value is -1.27. The Labute approximate surface area is 72.2 Å². The van der Waals surface area contributed by atoms with E-state index < -0.39 is 0 Å². The van der Waals surface area contributed by atoms with E-state index in [0.29, 0.717) is 5.69 Å². The number of ether oxygens (including phenoxy) is 1. The van der Waals surface area contributed by atoms with Crippen molar-refractivity contribution in [2.45, 2.75) is 13.0 Å². The zero-order valence-corrected chi connectivity index (χ0v) is 7.16. The lowest BCUT2D eigenvalue weighted by atomic mass is 10.4. The van der Waals surface area contributed by atoms with Gasteiger partial charge in [0.25, 0.3) is 0 Å². The molecule has 0 aliphatic rings. The summed E-state index contributed by atoms with van der Waals surface area (Å²) in [7, 11) is 1.68. The van der Waals surface area contributed by atoms with Gasteiger partial charge in [0.05, 0.1) is 0 Å². The molecule has 0 bridgehead atoms. The third-order valence-corrected chi connectivity index (χ3v) is 1.69. The summed E-state index contributed by atoms with van der Waals surface area (Å²) in [6, 6.07) is 5.82. The number of aromatic nitrogens is 1. The Bertz CT molecular complexity index is 272. The highest BCUT2D eigenvalue weighted by Gasteiger charge is 1.97. The van der Waals surface area contributed by atoms with Gasteiger partial charge < -0.3 is 9.30 Å². The first kappa shape index (κ1) is 8.82. The molecule has 0 saturated carbocycles. The first-order chi connectivity index (χ1) is 5.88. The Morgan fingerprint density at radius 1 is 1.67 bits per heavy atom. The van der Waals surface area contributed by atoms with E-state index >= 15 is 0 Å². The van der Waals surface area contributed by atoms with E-state index in [1.165, 1.54) is 0 Å². The Morgan fingerprint density at radius 2 is 2.50 bits per heavy atom. The maximum Gasteiger partial charge on any atom is 0.120 e. The van der Waals surface area contributed by atoms with Gasteiger partial charge in [0.1, 0.15) is 11.8 Å². The maximum absolute atomic E-state index is 8.66. The number of nitriles is 1. The summed E-state index contributed by atoms with van der Waals surface area (Å²) in [5, 5.41) is 8.66. The number of methoxy groups -OCH3 is 1. The van der Waals surface area contributed by atoms with Crippen molar-refractivity contribution in [1.82, 2.24) is 4.57 Å². The van der Waals surface area contributed by atoms with Gasteiger partial charge in [0.15, 0.2) is 0 Å². The van der Waals surface area contributed by atoms with Crippen LogP contribution in [0.15, 0.2) is 18.3 Å². The summed E-state index contributed by atoms with van der Waals surface area (Å²) in [6.07, 6.45) is 2.86. The van der Waals surface area contributed by atoms with Crippen LogP contribution in [0.3, 0.4) is 0 Å². The third kappa shape index (κ3) is 2.11. The van der Waals surface area contributed by atoms with Crippen LogP contribution >= 0.6 is 0 Å². The van der Waals surface area contributed by atoms with Crippen molar-refractivity contribution < 1.29 is 4.74 Å². The van der Waals surface area contributed by atoms with E-state index in [2.05, 4.69) is 6.07 Å². The van der Waals surface area contributed by atoms with E-state index in [1.807, 2.05) is 22.9 Å². The summed E-state index contributed by atoms with van der Waals surface area (Å²) < 4.78 is 6.85. The summed E-state index contributed by atoms with van der Waals surface area (Å²) >= 11 is 0. The minimum atomic E-state index is 0.714. The molecular weight excluding hydrogens is 152 g/mol. The molecule has 1 aromatic heterocycles. The maximum atomic E-state index is 8.66. The highest BCUT2D eigenvalue weighted by atomic mass is 16.5. The van der Waals surface area contributed by atoms with Crippen molar-refractivity contribution in [3.63, 3.8) is 0 Å². The predicted molar refractivity (Wildman–Crippen MR) is 45.6 cm³/mol. The van der Waals surface area contributed by atoms with Crippen LogP contribution in [0.5, 0.6) is 0 Å². The molecule has 0 saturated heterocycles. The first-order valence-electron chi connectivity index (χ1n) is 3.92. The smallest absolute Gasteiger partial charge is 0.120 e. The summed E-state index contributed by atoms with van der Waals surface area (Å²) in [4.78, 5) is 0. The normalized spacial score (nSPS) is 9.67. The second-order valence-corrected chi connectivity index (χ2v) is 2.54. The van der Waals surface area contributed by atoms with Crippen LogP contribution < -0.4 is 0 Å². The molecule has 1 aromatic rings. The van der Waals surface area contributed by atoms with Crippen molar-refractivity contribution in [3.8, 4) is 6.07 Å². The SMILES string of the molecule is COCCCn1cccc1C#N. The molecule has 0 aliphatic carbocycles. The van der Waals surface area contributed by atoms with Crippen molar-refractivity contribution in [3.05, 3.63) is 24.0 Å². The van der Waals surface area contributed by atoms with Gasteiger partial charge in [-0.05, 0) is 18.6 Å². The number of hydrogen-bond donors (Lipinski definition) is 0. The second kappa shape index (κ2) is 4.58. The Kier molecular flexibility index (Phi) is 3.36. The van der Waals surface area contributed by atoms with Crippen molar-refractivity contribution in [2.75, 3.05) is 13.7 Å². The van der Waals surface area contributed by atoms with E-state index in [0.717, 1.165) is 19.6 Å². The quantitative estimate of drug-likeness (QED) is 0.631. The zero-order chi connectivity index (χ0) is 8.81. The topological polar surface area (TPSA) is 38.0 Å². The standard InChI is InChI=1S/C9H12N2O/c1-12-7-3-6-11-5-2-4-9(11)8-10/h2,4-5H,3,6-7H2,1H3. The lowest BCUT2D eigenvalue weighted by Gasteiger charge is -2.02. The predicted octanol–water partition coefficient (Wildman–Crippen LogP) is 1.40. The zero-order valence-electron chi connectivity index (χ0n) is 7.16. The molecule has 0 unspecified atom stereocenters. The molecule has 3 heteroatoms. The van der Waals surface area contributed by atoms with Crippen molar-refractivity contribution in [2.24, 2.45) is 0 Å². The molecule has 0 aliphatic heterocycles. The number of hydrogen-bond acceptors (Lipinski definition) is 2. The summed E-state index contributed by atoms with van der Waals surface area (Å²) in [5.74, 6) is 0. The van der Waals surface area contributed by atoms with Crippen LogP contribution in [0.1, 0.15) is 12.1 Å². The van der Waals surface area contributed by atoms with Gasteiger partial charge in [0, 0.05) is 26.5 Å². The molecule has 0 amide bonds. The summed E-state index contributed by atoms with van der Waals surface area (Å²) in [5.41, 5.74) is 0.714. The van der Waals surface area contributed by atoms with Crippen LogP contribution in [0.2, 0.25) is 0 Å². The molecule has 64 valence electrons. The van der Waals surface area contributed by atoms with Gasteiger partial charge in [-0.1, -0.05) is 0 Å². The fraction of sp³-hybridized carbons (Fsp3) is 0.444. The number of rotatable bonds is 4. The van der Waals surface area contributed by atoms with E-state index in [4.69, 9.17) is 10.00 Å². The molecule has 0 spiro atoms. The minimum absolute atomic E-state index is 0.714. The van der Waals surface area contributed by atoms with Crippen molar-refractivity contribution in [1.29, 1.82) is 5.26 Å². The fourth-order valence-corrected chi connectivity index (χ4v) is 1.09. The van der Waals surface area contributed by atoms with Gasteiger partial charge in [-0.2, -0.15) is 5.26 Å². The lowest BCUT2D eigenvalue weighted by molar-refractivity contribution is 0.190. The molecule has 1 rings (SSSR count). The fourth-order valence-electron chi connectivity index (χ4n) is 1.09. The monoisotopic (exact) mass is 164 g/mol. The molecule has 0 fully saturated rings. The molecule has 1 heterocycles. The van der Waals surface area contributed by atoms with E-state index in [9.17, 15) is 0 Å². The van der Waals surface area contributed by atoms with Gasteiger partial charge >= 0.3 is 0 Å². The number of aryl methyl sites for hydroxylation is 1. The van der Waals surface area contributed by atoms with Gasteiger partial charge in [0.2, 0.25) is 0 Å². The summed E-state index contributed by atoms with van der Waals surface area (Å²) in [6.45, 7) is 1.59. The van der Waals surface area contributed by atoms with E-state index in [-0.39, 0.29) is 0 Å². The average Bonchev–Trinajstić information content (AvgIpc) is 2.52. The minimum Gasteiger partial charge on any atom is -0.385 e. The molecular formula is C9H12N2O. The van der Waals surface area contributed by atoms with Crippen LogP contribution in [-0.2, 0) is 11.3 Å². The number of nitrogens with zero attached hydrogens (tertiary/aromatic N) is 2. The lowest BCUT2D eigenvalue weighted by Crippen LogP contribution is -2.01. The van der Waals surface area contributed by atoms with E-state index in [1.54, 1.807) is 7.11 Å². The second-order valence-electron chi connectivity index (χ2n) is 2.54. The molecule has 0 N–H and O–H groups in total. The first-order valence-corrected chi connectivity index (χ1v) is 3.92. The molecule has 0 aromatic carbocycles. The molecule has 12 heavy (non-hydrogen) atoms. The van der Waals surface area contributed by atoms with Crippen LogP contribution in [0, 0.1) is 11.3 Å². The Balaban J connectivity index is 2.46. The van der Waals surface area contributed by atoms with Crippen LogP contribution in [0.4, 0.5) is 0 Å². The molecule has 0 radical (unpaired) electrons. The van der Waals surface area contributed by atoms with Gasteiger partial charge in [-0.15, -0.1) is 0 Å². The third-order valence-electron chi connectivity index (χ3n) is 1.69. The average molecular weight is 164 g/mol. The Morgan fingerprint density at radius 3 is 3.17 bits per heavy atom. The van der Waals surface area contributed by atoms with Crippen LogP contribution in [0.25, 0.3) is 0 Å². The van der Waals surface area contributed by atoms with Crippen molar-refractivity contribution >= 4 is 0 Å². The highest BCUT2D eigenvalue weighted by Crippen LogP contribution is 2.01. The van der Waals surface area contributed by atoms with Gasteiger partial charge in [-0.25, -0.2) is 0 Å². The van der Waals surface area contributed by atoms with Gasteiger partial charge in [-0.3, -0.25) is 0 Å². The molecule has 0 atom stereocenters. The largest absolute Gasteiger partial charge is 0.385 e.